The molecule has 148 valence electrons. The van der Waals surface area contributed by atoms with Gasteiger partial charge in [-0.15, -0.1) is 0 Å². The number of hydrogen-bond acceptors (Lipinski definition) is 7. The molecule has 0 saturated heterocycles. The lowest BCUT2D eigenvalue weighted by Gasteiger charge is -2.19. The lowest BCUT2D eigenvalue weighted by Crippen LogP contribution is -2.28. The molecule has 29 heavy (non-hydrogen) atoms. The molecule has 0 amide bonds. The Labute approximate surface area is 165 Å². The minimum Gasteiger partial charge on any atom is -0.495 e. The average molecular weight is 392 g/mol. The molecule has 0 unspecified atom stereocenters. The number of ether oxygens (including phenoxy) is 2. The third-order valence-corrected chi connectivity index (χ3v) is 4.82. The second kappa shape index (κ2) is 6.27. The van der Waals surface area contributed by atoms with Crippen LogP contribution in [0, 0.1) is 0 Å². The van der Waals surface area contributed by atoms with Gasteiger partial charge in [0.05, 0.1) is 30.4 Å². The second-order valence-corrected chi connectivity index (χ2v) is 7.91. The monoisotopic (exact) mass is 392 g/mol. The molecule has 0 aliphatic carbocycles. The molecule has 4 rings (SSSR count). The lowest BCUT2D eigenvalue weighted by atomic mass is 9.98. The molecule has 0 radical (unpaired) electrons. The third-order valence-electron chi connectivity index (χ3n) is 4.82. The lowest BCUT2D eigenvalue weighted by molar-refractivity contribution is 0.417. The molecule has 0 atom stereocenters. The van der Waals surface area contributed by atoms with Crippen molar-refractivity contribution in [1.29, 1.82) is 0 Å². The molecule has 0 fully saturated rings. The van der Waals surface area contributed by atoms with E-state index >= 15 is 0 Å². The van der Waals surface area contributed by atoms with Gasteiger partial charge >= 0.3 is 0 Å². The molecular weight excluding hydrogens is 372 g/mol. The molecule has 0 saturated carbocycles. The van der Waals surface area contributed by atoms with Crippen LogP contribution in [0.1, 0.15) is 20.8 Å². The Hall–Kier alpha value is -3.48. The highest BCUT2D eigenvalue weighted by atomic mass is 16.5. The van der Waals surface area contributed by atoms with Crippen LogP contribution in [0.2, 0.25) is 0 Å². The zero-order chi connectivity index (χ0) is 21.1. The fourth-order valence-corrected chi connectivity index (χ4v) is 3.71. The summed E-state index contributed by atoms with van der Waals surface area (Å²) in [6.07, 6.45) is 0. The van der Waals surface area contributed by atoms with Crippen LogP contribution >= 0.6 is 0 Å². The molecule has 1 N–H and O–H groups in total. The van der Waals surface area contributed by atoms with Gasteiger partial charge in [-0.05, 0) is 20.8 Å². The van der Waals surface area contributed by atoms with E-state index in [1.165, 1.54) is 14.2 Å². The van der Waals surface area contributed by atoms with Gasteiger partial charge in [0.15, 0.2) is 22.4 Å². The van der Waals surface area contributed by atoms with Crippen molar-refractivity contribution in [3.63, 3.8) is 0 Å². The fourth-order valence-electron chi connectivity index (χ4n) is 3.71. The van der Waals surface area contributed by atoms with Crippen molar-refractivity contribution in [2.75, 3.05) is 19.5 Å². The summed E-state index contributed by atoms with van der Waals surface area (Å²) in [6.45, 7) is 5.69. The van der Waals surface area contributed by atoms with Crippen molar-refractivity contribution in [3.05, 3.63) is 54.9 Å². The van der Waals surface area contributed by atoms with E-state index in [1.807, 2.05) is 20.8 Å². The number of aromatic nitrogens is 1. The highest BCUT2D eigenvalue weighted by Gasteiger charge is 2.28. The van der Waals surface area contributed by atoms with Crippen molar-refractivity contribution in [1.82, 2.24) is 4.98 Å². The van der Waals surface area contributed by atoms with Gasteiger partial charge in [-0.1, -0.05) is 24.3 Å². The average Bonchev–Trinajstić information content (AvgIpc) is 2.98. The number of nitrogens with zero attached hydrogens (tertiary/aromatic N) is 1. The van der Waals surface area contributed by atoms with Gasteiger partial charge in [-0.2, -0.15) is 0 Å². The Kier molecular flexibility index (Phi) is 4.08. The predicted octanol–water partition coefficient (Wildman–Crippen LogP) is 2.73. The van der Waals surface area contributed by atoms with Gasteiger partial charge in [0.1, 0.15) is 11.3 Å². The number of rotatable bonds is 3. The molecule has 0 aliphatic heterocycles. The topological polar surface area (TPSA) is 94.6 Å². The molecule has 0 spiro atoms. The van der Waals surface area contributed by atoms with E-state index in [4.69, 9.17) is 9.47 Å². The Morgan fingerprint density at radius 2 is 1.31 bits per heavy atom. The van der Waals surface area contributed by atoms with Crippen LogP contribution < -0.4 is 31.1 Å². The summed E-state index contributed by atoms with van der Waals surface area (Å²) in [7, 11) is 2.75. The first-order valence-electron chi connectivity index (χ1n) is 9.11. The van der Waals surface area contributed by atoms with Crippen LogP contribution in [0.5, 0.6) is 11.5 Å². The Balaban J connectivity index is 2.33. The summed E-state index contributed by atoms with van der Waals surface area (Å²) < 4.78 is 11.0. The number of benzene rings is 3. The van der Waals surface area contributed by atoms with E-state index < -0.39 is 16.4 Å². The van der Waals surface area contributed by atoms with E-state index in [1.54, 1.807) is 24.3 Å². The molecule has 0 bridgehead atoms. The van der Waals surface area contributed by atoms with E-state index in [0.29, 0.717) is 0 Å². The minimum absolute atomic E-state index is 0.0346. The van der Waals surface area contributed by atoms with Crippen molar-refractivity contribution >= 4 is 38.3 Å². The van der Waals surface area contributed by atoms with E-state index in [-0.39, 0.29) is 55.2 Å². The van der Waals surface area contributed by atoms with Gasteiger partial charge in [-0.25, -0.2) is 4.98 Å². The standard InChI is InChI=1S/C22H20N2O5/c1-22(2,3)24-21-18(27)14-15(23-21)20(29-5)13-12(19(14)28-4)16(25)10-8-6-7-9-11(10)17(13)26/h6-9H,1-5H3,(H,23,24,27). The summed E-state index contributed by atoms with van der Waals surface area (Å²) in [5, 5.41) is 3.84. The maximum absolute atomic E-state index is 13.3. The van der Waals surface area contributed by atoms with Gasteiger partial charge in [0.25, 0.3) is 0 Å². The zero-order valence-electron chi connectivity index (χ0n) is 16.8. The molecule has 4 aromatic rings. The Morgan fingerprint density at radius 1 is 0.793 bits per heavy atom. The van der Waals surface area contributed by atoms with Gasteiger partial charge in [-0.3, -0.25) is 14.4 Å². The highest BCUT2D eigenvalue weighted by Crippen LogP contribution is 2.39. The van der Waals surface area contributed by atoms with Gasteiger partial charge < -0.3 is 14.8 Å². The normalized spacial score (nSPS) is 12.0. The van der Waals surface area contributed by atoms with Crippen LogP contribution in [0.25, 0.3) is 32.4 Å². The van der Waals surface area contributed by atoms with Crippen LogP contribution in [0.3, 0.4) is 0 Å². The van der Waals surface area contributed by atoms with Crippen LogP contribution in [0.4, 0.5) is 5.82 Å². The maximum Gasteiger partial charge on any atom is 0.234 e. The zero-order valence-corrected chi connectivity index (χ0v) is 16.8. The number of nitrogens with one attached hydrogen (secondary N) is 1. The predicted molar refractivity (Wildman–Crippen MR) is 114 cm³/mol. The van der Waals surface area contributed by atoms with E-state index in [0.717, 1.165) is 0 Å². The van der Waals surface area contributed by atoms with E-state index in [2.05, 4.69) is 10.3 Å². The van der Waals surface area contributed by atoms with Crippen LogP contribution in [0.15, 0.2) is 38.6 Å². The molecule has 1 aromatic heterocycles. The van der Waals surface area contributed by atoms with Crippen molar-refractivity contribution in [2.45, 2.75) is 26.3 Å². The smallest absolute Gasteiger partial charge is 0.234 e. The van der Waals surface area contributed by atoms with Crippen molar-refractivity contribution in [3.8, 4) is 11.5 Å². The number of anilines is 1. The summed E-state index contributed by atoms with van der Waals surface area (Å²) in [6, 6.07) is 6.56. The first-order chi connectivity index (χ1) is 13.7. The Morgan fingerprint density at radius 3 is 1.79 bits per heavy atom. The summed E-state index contributed by atoms with van der Waals surface area (Å²) >= 11 is 0. The van der Waals surface area contributed by atoms with Crippen molar-refractivity contribution < 1.29 is 9.47 Å². The number of methoxy groups -OCH3 is 2. The largest absolute Gasteiger partial charge is 0.495 e. The highest BCUT2D eigenvalue weighted by molar-refractivity contribution is 6.14. The fraction of sp³-hybridized carbons (Fsp3) is 0.273. The molecular formula is C22H20N2O5. The summed E-state index contributed by atoms with van der Waals surface area (Å²) in [5.74, 6) is 0.259. The molecule has 0 aliphatic rings. The molecule has 7 nitrogen and oxygen atoms in total. The molecule has 3 aromatic carbocycles. The maximum atomic E-state index is 13.3. The molecule has 1 heterocycles. The summed E-state index contributed by atoms with van der Waals surface area (Å²) in [5.41, 5.74) is -1.39. The van der Waals surface area contributed by atoms with Crippen LogP contribution in [-0.4, -0.2) is 24.7 Å². The Bertz CT molecular complexity index is 1440. The van der Waals surface area contributed by atoms with Crippen LogP contribution in [-0.2, 0) is 0 Å². The summed E-state index contributed by atoms with van der Waals surface area (Å²) in [4.78, 5) is 44.0. The van der Waals surface area contributed by atoms with E-state index in [9.17, 15) is 14.4 Å². The SMILES string of the molecule is COc1c2nc(NC(C)(C)C)c(=O)c2c(OC)c2c(=O)c3ccccc3c(=O)c12. The second-order valence-electron chi connectivity index (χ2n) is 7.91. The number of hydrogen-bond donors (Lipinski definition) is 1. The quantitative estimate of drug-likeness (QED) is 0.536. The minimum atomic E-state index is -0.418. The first kappa shape index (κ1) is 18.9. The van der Waals surface area contributed by atoms with Crippen molar-refractivity contribution in [2.24, 2.45) is 0 Å². The molecule has 7 heteroatoms. The third kappa shape index (κ3) is 2.65. The first-order valence-corrected chi connectivity index (χ1v) is 9.11. The van der Waals surface area contributed by atoms with Gasteiger partial charge in [0.2, 0.25) is 5.43 Å². The van der Waals surface area contributed by atoms with Gasteiger partial charge in [0, 0.05) is 16.3 Å². The number of fused-ring (bicyclic) bond motifs is 3.